The third-order valence-corrected chi connectivity index (χ3v) is 23.8. The minimum Gasteiger partial charge on any atom is -0.443 e. The van der Waals surface area contributed by atoms with Gasteiger partial charge in [0.05, 0.1) is 30.3 Å². The van der Waals surface area contributed by atoms with Gasteiger partial charge in [0.15, 0.2) is 25.0 Å². The first-order chi connectivity index (χ1) is 17.9. The molecule has 7 nitrogen and oxygen atoms in total. The van der Waals surface area contributed by atoms with Crippen LogP contribution in [0, 0.1) is 5.92 Å². The van der Waals surface area contributed by atoms with Crippen LogP contribution in [0.3, 0.4) is 0 Å². The number of amides is 2. The Labute approximate surface area is 248 Å². The maximum absolute atomic E-state index is 14.2. The highest BCUT2D eigenvalue weighted by molar-refractivity contribution is 6.75. The van der Waals surface area contributed by atoms with E-state index >= 15 is 0 Å². The summed E-state index contributed by atoms with van der Waals surface area (Å²) in [5, 5.41) is -0.0550. The Hall–Kier alpha value is -0.529. The molecule has 2 bridgehead atoms. The molecule has 234 valence electrons. The summed E-state index contributed by atoms with van der Waals surface area (Å²) in [6.45, 7) is 34.4. The van der Waals surface area contributed by atoms with Gasteiger partial charge in [-0.15, -0.1) is 0 Å². The first-order valence-electron chi connectivity index (χ1n) is 15.5. The fraction of sp³-hybridized carbons (Fsp3) is 0.933. The number of carbonyl (C=O) groups excluding carboxylic acids is 2. The number of rotatable bonds is 9. The molecular weight excluding hydrogens is 555 g/mol. The molecule has 0 spiro atoms. The molecule has 1 aliphatic carbocycles. The van der Waals surface area contributed by atoms with Crippen LogP contribution in [0.15, 0.2) is 0 Å². The monoisotopic (exact) mass is 615 g/mol. The van der Waals surface area contributed by atoms with E-state index in [1.165, 1.54) is 4.90 Å². The Morgan fingerprint density at radius 2 is 1.23 bits per heavy atom. The summed E-state index contributed by atoms with van der Waals surface area (Å²) in [4.78, 5) is 29.3. The summed E-state index contributed by atoms with van der Waals surface area (Å²) in [5.41, 5.74) is -0.730. The van der Waals surface area contributed by atoms with E-state index in [4.69, 9.17) is 18.0 Å². The lowest BCUT2D eigenvalue weighted by atomic mass is 9.73. The van der Waals surface area contributed by atoms with Gasteiger partial charge >= 0.3 is 6.09 Å². The third-order valence-electron chi connectivity index (χ3n) is 10.2. The normalized spacial score (nSPS) is 26.9. The van der Waals surface area contributed by atoms with Gasteiger partial charge in [-0.1, -0.05) is 62.3 Å². The predicted molar refractivity (Wildman–Crippen MR) is 171 cm³/mol. The second-order valence-corrected chi connectivity index (χ2v) is 30.3. The zero-order valence-electron chi connectivity index (χ0n) is 28.6. The molecule has 3 rings (SSSR count). The molecule has 0 aromatic rings. The molecule has 2 aliphatic heterocycles. The quantitative estimate of drug-likeness (QED) is 0.243. The average molecular weight is 616 g/mol. The van der Waals surface area contributed by atoms with Crippen LogP contribution >= 0.6 is 0 Å². The van der Waals surface area contributed by atoms with Gasteiger partial charge in [-0.25, -0.2) is 9.69 Å². The van der Waals surface area contributed by atoms with Crippen molar-refractivity contribution in [3.05, 3.63) is 0 Å². The zero-order chi connectivity index (χ0) is 31.3. The maximum atomic E-state index is 14.2. The molecule has 2 heterocycles. The van der Waals surface area contributed by atoms with Crippen molar-refractivity contribution in [2.75, 3.05) is 0 Å². The molecule has 3 aliphatic rings. The van der Waals surface area contributed by atoms with Gasteiger partial charge in [0.1, 0.15) is 5.60 Å². The first-order valence-corrected chi connectivity index (χ1v) is 23.8. The lowest BCUT2D eigenvalue weighted by Crippen LogP contribution is -2.76. The van der Waals surface area contributed by atoms with E-state index in [9.17, 15) is 9.59 Å². The van der Waals surface area contributed by atoms with Crippen molar-refractivity contribution in [2.45, 2.75) is 174 Å². The molecular formula is C30H61NO6Si3. The van der Waals surface area contributed by atoms with E-state index in [0.717, 1.165) is 18.1 Å². The molecule has 2 saturated heterocycles. The summed E-state index contributed by atoms with van der Waals surface area (Å²) < 4.78 is 27.3. The third kappa shape index (κ3) is 7.33. The zero-order valence-corrected chi connectivity index (χ0v) is 31.6. The average Bonchev–Trinajstić information content (AvgIpc) is 2.76. The summed E-state index contributed by atoms with van der Waals surface area (Å²) >= 11 is 0. The van der Waals surface area contributed by atoms with Crippen molar-refractivity contribution in [3.63, 3.8) is 0 Å². The van der Waals surface area contributed by atoms with E-state index in [1.807, 2.05) is 20.8 Å². The van der Waals surface area contributed by atoms with Gasteiger partial charge in [-0.3, -0.25) is 4.79 Å². The lowest BCUT2D eigenvalue weighted by molar-refractivity contribution is -0.185. The van der Waals surface area contributed by atoms with Crippen LogP contribution in [0.4, 0.5) is 4.79 Å². The van der Waals surface area contributed by atoms with Crippen LogP contribution in [0.5, 0.6) is 0 Å². The number of hydrogen-bond acceptors (Lipinski definition) is 6. The molecule has 0 aromatic carbocycles. The minimum atomic E-state index is -2.28. The SMILES string of the molecule is CC[Si](CC)(CC)OC1C(O[Si](C)(C)C(C)(C)C)C2CC(O[Si](C)(C)C(C)(C)C)C1N(C(=O)OC(C)(C)C)C2=O. The van der Waals surface area contributed by atoms with Crippen molar-refractivity contribution < 1.29 is 27.6 Å². The second-order valence-electron chi connectivity index (χ2n) is 16.1. The lowest BCUT2D eigenvalue weighted by Gasteiger charge is -2.59. The van der Waals surface area contributed by atoms with Gasteiger partial charge in [0.2, 0.25) is 5.91 Å². The van der Waals surface area contributed by atoms with Crippen molar-refractivity contribution in [2.24, 2.45) is 5.92 Å². The largest absolute Gasteiger partial charge is 0.443 e. The van der Waals surface area contributed by atoms with Crippen LogP contribution in [0.1, 0.15) is 89.5 Å². The first kappa shape index (κ1) is 35.7. The molecule has 2 amide bonds. The van der Waals surface area contributed by atoms with Crippen molar-refractivity contribution in [1.29, 1.82) is 0 Å². The molecule has 10 heteroatoms. The molecule has 40 heavy (non-hydrogen) atoms. The van der Waals surface area contributed by atoms with E-state index in [2.05, 4.69) is 88.5 Å². The molecule has 0 N–H and O–H groups in total. The molecule has 0 aromatic heterocycles. The van der Waals surface area contributed by atoms with E-state index in [1.54, 1.807) is 0 Å². The van der Waals surface area contributed by atoms with E-state index < -0.39 is 60.8 Å². The number of piperidine rings is 2. The van der Waals surface area contributed by atoms with Crippen LogP contribution in [-0.2, 0) is 22.8 Å². The van der Waals surface area contributed by atoms with Gasteiger partial charge in [-0.2, -0.15) is 0 Å². The highest BCUT2D eigenvalue weighted by Gasteiger charge is 2.64. The van der Waals surface area contributed by atoms with Gasteiger partial charge in [-0.05, 0) is 81.6 Å². The van der Waals surface area contributed by atoms with Gasteiger partial charge < -0.3 is 18.0 Å². The number of hydrogen-bond donors (Lipinski definition) is 0. The van der Waals surface area contributed by atoms with Crippen LogP contribution < -0.4 is 0 Å². The van der Waals surface area contributed by atoms with Gasteiger partial charge in [0.25, 0.3) is 0 Å². The fourth-order valence-corrected chi connectivity index (χ4v) is 10.9. The second kappa shape index (κ2) is 11.9. The topological polar surface area (TPSA) is 74.3 Å². The minimum absolute atomic E-state index is 0.0212. The van der Waals surface area contributed by atoms with E-state index in [0.29, 0.717) is 6.42 Å². The number of fused-ring (bicyclic) bond motifs is 3. The number of carbonyl (C=O) groups is 2. The highest BCUT2D eigenvalue weighted by atomic mass is 28.4. The summed E-state index contributed by atoms with van der Waals surface area (Å²) in [5.74, 6) is -0.738. The Balaban J connectivity index is 2.75. The smallest absolute Gasteiger partial charge is 0.417 e. The van der Waals surface area contributed by atoms with Crippen LogP contribution in [-0.4, -0.2) is 71.8 Å². The Kier molecular flexibility index (Phi) is 10.6. The van der Waals surface area contributed by atoms with Crippen molar-refractivity contribution >= 4 is 37.0 Å². The summed E-state index contributed by atoms with van der Waals surface area (Å²) in [6, 6.07) is 2.31. The van der Waals surface area contributed by atoms with Crippen LogP contribution in [0.25, 0.3) is 0 Å². The van der Waals surface area contributed by atoms with Gasteiger partial charge in [0, 0.05) is 0 Å². The molecule has 5 atom stereocenters. The van der Waals surface area contributed by atoms with E-state index in [-0.39, 0.29) is 22.1 Å². The Bertz CT molecular complexity index is 906. The number of ether oxygens (including phenoxy) is 1. The van der Waals surface area contributed by atoms with Crippen LogP contribution in [0.2, 0.25) is 54.4 Å². The molecule has 3 fully saturated rings. The summed E-state index contributed by atoms with van der Waals surface area (Å²) in [7, 11) is -6.68. The number of imide groups is 1. The standard InChI is InChI=1S/C30H61NO6Si3/c1-17-40(18-2,19-3)37-25-23-22(35-38(13,14)29(7,8)9)20-21(24(25)36-39(15,16)30(10,11)12)26(32)31(23)27(33)34-28(4,5)6/h21-25H,17-20H2,1-16H3. The van der Waals surface area contributed by atoms with Crippen molar-refractivity contribution in [3.8, 4) is 0 Å². The fourth-order valence-electron chi connectivity index (χ4n) is 5.33. The van der Waals surface area contributed by atoms with Crippen molar-refractivity contribution in [1.82, 2.24) is 4.90 Å². The number of nitrogens with zero attached hydrogens (tertiary/aromatic N) is 1. The molecule has 5 unspecified atom stereocenters. The summed E-state index contributed by atoms with van der Waals surface area (Å²) in [6.07, 6.45) is -1.25. The Morgan fingerprint density at radius 3 is 1.62 bits per heavy atom. The maximum Gasteiger partial charge on any atom is 0.417 e. The highest BCUT2D eigenvalue weighted by Crippen LogP contribution is 2.49. The Morgan fingerprint density at radius 1 is 0.775 bits per heavy atom. The predicted octanol–water partition coefficient (Wildman–Crippen LogP) is 8.32. The molecule has 0 radical (unpaired) electrons. The molecule has 1 saturated carbocycles.